The van der Waals surface area contributed by atoms with Crippen LogP contribution in [-0.4, -0.2) is 91.3 Å². The fourth-order valence-corrected chi connectivity index (χ4v) is 8.60. The fraction of sp³-hybridized carbons (Fsp3) is 0.906. The number of anilines is 3. The Balaban J connectivity index is 0.903. The summed E-state index contributed by atoms with van der Waals surface area (Å²) in [5, 5.41) is 6.95. The van der Waals surface area contributed by atoms with Gasteiger partial charge >= 0.3 is 0 Å². The summed E-state index contributed by atoms with van der Waals surface area (Å²) >= 11 is 0. The molecule has 44 heavy (non-hydrogen) atoms. The first kappa shape index (κ1) is 30.8. The van der Waals surface area contributed by atoms with Gasteiger partial charge in [0.05, 0.1) is 6.61 Å². The molecule has 7 aliphatic rings. The summed E-state index contributed by atoms with van der Waals surface area (Å²) in [6.07, 6.45) is 10.7. The monoisotopic (exact) mass is 615 g/mol. The summed E-state index contributed by atoms with van der Waals surface area (Å²) in [5.74, 6) is 2.89. The van der Waals surface area contributed by atoms with Gasteiger partial charge in [-0.05, 0) is 76.5 Å². The molecule has 8 rings (SSSR count). The van der Waals surface area contributed by atoms with Crippen molar-refractivity contribution in [2.75, 3.05) is 67.5 Å². The lowest BCUT2D eigenvalue weighted by molar-refractivity contribution is -0.577. The summed E-state index contributed by atoms with van der Waals surface area (Å²) < 4.78 is 19.3. The topological polar surface area (TPSA) is 115 Å². The standard InChI is InChI=1S/C32H53N7O5/c1-22-10-11-25-23(2)26(41-27-32(25)24(22)12-13-31(3,42-27)43-44-32)40-21-16-33-14-15-34-28-35-29(38-17-6-4-7-18-38)37-30(36-28)39-19-8-5-9-20-39/h22-27,33H,4-21H2,1-3H3,(H,34,35,36,37)/t22-,23-,24+,25+,26+,27-,31-,32-/m1/s1. The molecule has 6 saturated heterocycles. The molecule has 12 nitrogen and oxygen atoms in total. The van der Waals surface area contributed by atoms with Crippen LogP contribution in [0.15, 0.2) is 0 Å². The van der Waals surface area contributed by atoms with Gasteiger partial charge in [-0.25, -0.2) is 9.78 Å². The zero-order valence-corrected chi connectivity index (χ0v) is 27.0. The highest BCUT2D eigenvalue weighted by Crippen LogP contribution is 2.60. The van der Waals surface area contributed by atoms with Gasteiger partial charge in [0, 0.05) is 64.1 Å². The van der Waals surface area contributed by atoms with Gasteiger partial charge in [-0.3, -0.25) is 0 Å². The van der Waals surface area contributed by atoms with Crippen LogP contribution in [0.5, 0.6) is 0 Å². The maximum atomic E-state index is 6.55. The number of nitrogens with zero attached hydrogens (tertiary/aromatic N) is 5. The van der Waals surface area contributed by atoms with Crippen LogP contribution < -0.4 is 20.4 Å². The van der Waals surface area contributed by atoms with Crippen molar-refractivity contribution in [1.29, 1.82) is 0 Å². The molecule has 2 bridgehead atoms. The van der Waals surface area contributed by atoms with Gasteiger partial charge in [0.25, 0.3) is 0 Å². The van der Waals surface area contributed by atoms with Crippen molar-refractivity contribution in [3.05, 3.63) is 0 Å². The van der Waals surface area contributed by atoms with E-state index < -0.39 is 17.7 Å². The van der Waals surface area contributed by atoms with Crippen LogP contribution >= 0.6 is 0 Å². The third-order valence-electron chi connectivity index (χ3n) is 11.1. The van der Waals surface area contributed by atoms with E-state index in [0.717, 1.165) is 77.0 Å². The SMILES string of the molecule is C[C@H]1[C@@H](OCCNCCNc2nc(N3CCCCC3)nc(N3CCCCC3)n2)O[C@@H]2O[C@@]3(C)CC[C@H]4[C@H](C)CC[C@@H]1[C@@]24OO3. The van der Waals surface area contributed by atoms with Crippen molar-refractivity contribution >= 4 is 17.8 Å². The molecule has 7 heterocycles. The minimum Gasteiger partial charge on any atom is -0.353 e. The summed E-state index contributed by atoms with van der Waals surface area (Å²) in [6.45, 7) is 13.4. The Bertz CT molecular complexity index is 1080. The maximum Gasteiger partial charge on any atom is 0.231 e. The quantitative estimate of drug-likeness (QED) is 0.292. The lowest BCUT2D eigenvalue weighted by atomic mass is 9.58. The molecular weight excluding hydrogens is 562 g/mol. The minimum absolute atomic E-state index is 0.185. The van der Waals surface area contributed by atoms with E-state index in [2.05, 4.69) is 34.3 Å². The number of hydrogen-bond acceptors (Lipinski definition) is 12. The molecule has 2 N–H and O–H groups in total. The zero-order valence-electron chi connectivity index (χ0n) is 27.0. The molecule has 1 aliphatic carbocycles. The van der Waals surface area contributed by atoms with Gasteiger partial charge in [0.1, 0.15) is 0 Å². The Hall–Kier alpha value is -1.83. The molecular formula is C32H53N7O5. The molecule has 8 atom stereocenters. The molecule has 1 spiro atoms. The molecule has 246 valence electrons. The maximum absolute atomic E-state index is 6.55. The largest absolute Gasteiger partial charge is 0.353 e. The van der Waals surface area contributed by atoms with Gasteiger partial charge < -0.3 is 34.6 Å². The van der Waals surface area contributed by atoms with Crippen molar-refractivity contribution in [1.82, 2.24) is 20.3 Å². The summed E-state index contributed by atoms with van der Waals surface area (Å²) in [5.41, 5.74) is -0.548. The van der Waals surface area contributed by atoms with Crippen molar-refractivity contribution in [3.63, 3.8) is 0 Å². The van der Waals surface area contributed by atoms with Gasteiger partial charge in [-0.1, -0.05) is 13.8 Å². The van der Waals surface area contributed by atoms with E-state index in [-0.39, 0.29) is 18.1 Å². The molecule has 0 amide bonds. The Morgan fingerprint density at radius 2 is 1.52 bits per heavy atom. The van der Waals surface area contributed by atoms with Gasteiger partial charge in [-0.2, -0.15) is 15.0 Å². The summed E-state index contributed by atoms with van der Waals surface area (Å²) in [7, 11) is 0. The van der Waals surface area contributed by atoms with Crippen LogP contribution in [0, 0.1) is 23.7 Å². The summed E-state index contributed by atoms with van der Waals surface area (Å²) in [4.78, 5) is 31.3. The molecule has 7 fully saturated rings. The number of ether oxygens (including phenoxy) is 3. The van der Waals surface area contributed by atoms with E-state index in [1.807, 2.05) is 6.92 Å². The zero-order chi connectivity index (χ0) is 30.1. The Morgan fingerprint density at radius 3 is 2.23 bits per heavy atom. The predicted octanol–water partition coefficient (Wildman–Crippen LogP) is 4.08. The fourth-order valence-electron chi connectivity index (χ4n) is 8.60. The second kappa shape index (κ2) is 13.1. The lowest BCUT2D eigenvalue weighted by Crippen LogP contribution is -2.70. The second-order valence-corrected chi connectivity index (χ2v) is 14.2. The highest BCUT2D eigenvalue weighted by atomic mass is 17.3. The van der Waals surface area contributed by atoms with Crippen molar-refractivity contribution < 1.29 is 24.0 Å². The molecule has 12 heteroatoms. The van der Waals surface area contributed by atoms with Crippen LogP contribution in [0.4, 0.5) is 17.8 Å². The van der Waals surface area contributed by atoms with E-state index in [1.54, 1.807) is 0 Å². The molecule has 0 aromatic carbocycles. The van der Waals surface area contributed by atoms with E-state index in [9.17, 15) is 0 Å². The average molecular weight is 616 g/mol. The second-order valence-electron chi connectivity index (χ2n) is 14.2. The molecule has 1 saturated carbocycles. The van der Waals surface area contributed by atoms with Crippen LogP contribution in [0.3, 0.4) is 0 Å². The number of aromatic nitrogens is 3. The van der Waals surface area contributed by atoms with Gasteiger partial charge in [0.2, 0.25) is 23.6 Å². The van der Waals surface area contributed by atoms with Crippen molar-refractivity contribution in [3.8, 4) is 0 Å². The first-order valence-electron chi connectivity index (χ1n) is 17.5. The highest BCUT2D eigenvalue weighted by Gasteiger charge is 2.69. The van der Waals surface area contributed by atoms with Gasteiger partial charge in [-0.15, -0.1) is 0 Å². The van der Waals surface area contributed by atoms with Gasteiger partial charge in [0.15, 0.2) is 18.2 Å². The Labute approximate surface area is 262 Å². The van der Waals surface area contributed by atoms with Crippen molar-refractivity contribution in [2.24, 2.45) is 23.7 Å². The lowest BCUT2D eigenvalue weighted by Gasteiger charge is -2.60. The minimum atomic E-state index is -0.765. The molecule has 1 aromatic rings. The third-order valence-corrected chi connectivity index (χ3v) is 11.1. The highest BCUT2D eigenvalue weighted by molar-refractivity contribution is 5.45. The first-order chi connectivity index (χ1) is 21.5. The number of hydrogen-bond donors (Lipinski definition) is 2. The van der Waals surface area contributed by atoms with Crippen LogP contribution in [0.2, 0.25) is 0 Å². The third kappa shape index (κ3) is 6.02. The van der Waals surface area contributed by atoms with E-state index in [0.29, 0.717) is 24.4 Å². The number of piperidine rings is 2. The molecule has 6 aliphatic heterocycles. The molecule has 0 radical (unpaired) electrons. The Morgan fingerprint density at radius 1 is 0.818 bits per heavy atom. The Kier molecular flexibility index (Phi) is 9.18. The number of nitrogens with one attached hydrogen (secondary N) is 2. The molecule has 1 aromatic heterocycles. The average Bonchev–Trinajstić information content (AvgIpc) is 3.29. The number of rotatable bonds is 10. The first-order valence-corrected chi connectivity index (χ1v) is 17.5. The number of fused-ring (bicyclic) bond motifs is 2. The van der Waals surface area contributed by atoms with Crippen molar-refractivity contribution in [2.45, 2.75) is 109 Å². The predicted molar refractivity (Wildman–Crippen MR) is 166 cm³/mol. The molecule has 0 unspecified atom stereocenters. The van der Waals surface area contributed by atoms with E-state index >= 15 is 0 Å². The summed E-state index contributed by atoms with van der Waals surface area (Å²) in [6, 6.07) is 0. The van der Waals surface area contributed by atoms with Crippen LogP contribution in [0.1, 0.15) is 85.0 Å². The van der Waals surface area contributed by atoms with E-state index in [4.69, 9.17) is 38.9 Å². The normalized spacial score (nSPS) is 38.7. The van der Waals surface area contributed by atoms with E-state index in [1.165, 1.54) is 44.9 Å². The van der Waals surface area contributed by atoms with Crippen LogP contribution in [-0.2, 0) is 24.0 Å². The van der Waals surface area contributed by atoms with Crippen LogP contribution in [0.25, 0.3) is 0 Å². The smallest absolute Gasteiger partial charge is 0.231 e.